The molecule has 0 bridgehead atoms. The lowest BCUT2D eigenvalue weighted by atomic mass is 9.75. The van der Waals surface area contributed by atoms with E-state index in [-0.39, 0.29) is 0 Å². The van der Waals surface area contributed by atoms with Crippen molar-refractivity contribution < 1.29 is 4.74 Å². The van der Waals surface area contributed by atoms with Gasteiger partial charge in [-0.3, -0.25) is 11.4 Å². The molecule has 0 aromatic heterocycles. The van der Waals surface area contributed by atoms with E-state index in [9.17, 15) is 0 Å². The number of rotatable bonds is 4. The smallest absolute Gasteiger partial charge is 0.0980 e. The number of hydrogen-bond donors (Lipinski definition) is 0. The number of likely N-dealkylation sites (N-methyl/N-ethyl adjacent to an activating group) is 1. The number of hydrogen-bond acceptors (Lipinski definition) is 3. The largest absolute Gasteiger partial charge is 0.446 e. The molecule has 0 radical (unpaired) electrons. The average Bonchev–Trinajstić information content (AvgIpc) is 2.72. The van der Waals surface area contributed by atoms with Crippen LogP contribution < -0.4 is 0 Å². The van der Waals surface area contributed by atoms with Gasteiger partial charge in [0.05, 0.1) is 12.8 Å². The van der Waals surface area contributed by atoms with Crippen molar-refractivity contribution in [2.24, 2.45) is 17.8 Å². The van der Waals surface area contributed by atoms with Crippen LogP contribution in [0.2, 0.25) is 0 Å². The molecule has 0 N–H and O–H groups in total. The molecule has 3 heteroatoms. The predicted molar refractivity (Wildman–Crippen MR) is 74.7 cm³/mol. The molecule has 2 fully saturated rings. The Morgan fingerprint density at radius 1 is 1.33 bits per heavy atom. The van der Waals surface area contributed by atoms with E-state index < -0.39 is 0 Å². The first-order chi connectivity index (χ1) is 8.56. The zero-order chi connectivity index (χ0) is 13.1. The fourth-order valence-corrected chi connectivity index (χ4v) is 3.29. The fraction of sp³-hybridized carbons (Fsp3) is 0.933. The maximum atomic E-state index is 6.24. The molecule has 1 saturated heterocycles. The van der Waals surface area contributed by atoms with Gasteiger partial charge in [-0.05, 0) is 37.6 Å². The lowest BCUT2D eigenvalue weighted by Crippen LogP contribution is -2.37. The maximum Gasteiger partial charge on any atom is 0.0980 e. The van der Waals surface area contributed by atoms with Crippen LogP contribution in [-0.4, -0.2) is 42.9 Å². The Labute approximate surface area is 112 Å². The van der Waals surface area contributed by atoms with Crippen molar-refractivity contribution in [1.29, 1.82) is 0 Å². The van der Waals surface area contributed by atoms with Gasteiger partial charge in [-0.1, -0.05) is 27.2 Å². The van der Waals surface area contributed by atoms with Gasteiger partial charge in [-0.2, -0.15) is 0 Å². The topological polar surface area (TPSA) is 15.7 Å². The Morgan fingerprint density at radius 3 is 2.72 bits per heavy atom. The molecule has 0 spiro atoms. The second-order valence-corrected chi connectivity index (χ2v) is 6.59. The summed E-state index contributed by atoms with van der Waals surface area (Å²) in [4.78, 5) is 4.59. The maximum absolute atomic E-state index is 6.24. The van der Waals surface area contributed by atoms with E-state index >= 15 is 0 Å². The second-order valence-electron chi connectivity index (χ2n) is 6.59. The van der Waals surface area contributed by atoms with E-state index in [2.05, 4.69) is 44.2 Å². The van der Waals surface area contributed by atoms with Crippen LogP contribution >= 0.6 is 0 Å². The molecule has 1 aliphatic heterocycles. The lowest BCUT2D eigenvalue weighted by molar-refractivity contribution is -0.0787. The van der Waals surface area contributed by atoms with Crippen LogP contribution in [0, 0.1) is 24.3 Å². The van der Waals surface area contributed by atoms with Gasteiger partial charge in [0.25, 0.3) is 0 Å². The summed E-state index contributed by atoms with van der Waals surface area (Å²) in [7, 11) is 2.12. The zero-order valence-electron chi connectivity index (χ0n) is 12.4. The van der Waals surface area contributed by atoms with Gasteiger partial charge in [0.2, 0.25) is 0 Å². The molecule has 0 unspecified atom stereocenters. The van der Waals surface area contributed by atoms with Crippen LogP contribution in [0.3, 0.4) is 0 Å². The Hall–Kier alpha value is -0.120. The first kappa shape index (κ1) is 14.3. The van der Waals surface area contributed by atoms with Crippen molar-refractivity contribution in [3.05, 3.63) is 6.54 Å². The molecule has 1 heterocycles. The molecule has 1 aliphatic carbocycles. The van der Waals surface area contributed by atoms with Gasteiger partial charge < -0.3 is 9.64 Å². The van der Waals surface area contributed by atoms with Crippen molar-refractivity contribution in [3.63, 3.8) is 0 Å². The van der Waals surface area contributed by atoms with Crippen LogP contribution in [0.25, 0.3) is 0 Å². The summed E-state index contributed by atoms with van der Waals surface area (Å²) in [6, 6.07) is 0. The Bertz CT molecular complexity index is 257. The second kappa shape index (κ2) is 6.36. The Kier molecular flexibility index (Phi) is 5.05. The molecule has 0 aromatic carbocycles. The van der Waals surface area contributed by atoms with Crippen molar-refractivity contribution in [2.45, 2.75) is 46.1 Å². The number of ether oxygens (including phenoxy) is 1. The molecule has 1 saturated carbocycles. The summed E-state index contributed by atoms with van der Waals surface area (Å²) in [5.74, 6) is 2.33. The Morgan fingerprint density at radius 2 is 2.11 bits per heavy atom. The lowest BCUT2D eigenvalue weighted by Gasteiger charge is -2.38. The zero-order valence-corrected chi connectivity index (χ0v) is 12.4. The van der Waals surface area contributed by atoms with E-state index in [1.807, 2.05) is 0 Å². The highest BCUT2D eigenvalue weighted by Crippen LogP contribution is 2.35. The van der Waals surface area contributed by atoms with Crippen LogP contribution in [0.5, 0.6) is 0 Å². The standard InChI is InChI=1S/C15H29N2O/c1-12(2)14-6-5-13(3)9-15(14)18-11-17-8-7-16(4)10-17/h7,12-15H,5-6,8-11H2,1-4H3/q-1/t13-,14+,15-/m0/s1. The van der Waals surface area contributed by atoms with E-state index in [1.54, 1.807) is 0 Å². The summed E-state index contributed by atoms with van der Waals surface area (Å²) in [6.07, 6.45) is 4.44. The third kappa shape index (κ3) is 3.69. The highest BCUT2D eigenvalue weighted by molar-refractivity contribution is 4.82. The summed E-state index contributed by atoms with van der Waals surface area (Å²) >= 11 is 0. The van der Waals surface area contributed by atoms with Crippen molar-refractivity contribution in [3.8, 4) is 0 Å². The van der Waals surface area contributed by atoms with Crippen LogP contribution in [0.4, 0.5) is 0 Å². The molecule has 3 atom stereocenters. The summed E-state index contributed by atoms with van der Waals surface area (Å²) in [5.41, 5.74) is 0. The van der Waals surface area contributed by atoms with Crippen molar-refractivity contribution in [1.82, 2.24) is 9.80 Å². The predicted octanol–water partition coefficient (Wildman–Crippen LogP) is 2.79. The average molecular weight is 253 g/mol. The third-order valence-corrected chi connectivity index (χ3v) is 4.51. The van der Waals surface area contributed by atoms with Gasteiger partial charge in [0.15, 0.2) is 0 Å². The van der Waals surface area contributed by atoms with Crippen LogP contribution in [-0.2, 0) is 4.74 Å². The highest BCUT2D eigenvalue weighted by Gasteiger charge is 2.31. The SMILES string of the molecule is CC(C)[C@H]1CC[C@H](C)C[C@@H]1OCN1C[CH-]N(C)C1. The van der Waals surface area contributed by atoms with Gasteiger partial charge in [-0.15, -0.1) is 6.54 Å². The van der Waals surface area contributed by atoms with E-state index in [0.29, 0.717) is 6.10 Å². The minimum atomic E-state index is 0.472. The molecule has 2 aliphatic rings. The summed E-state index contributed by atoms with van der Waals surface area (Å²) < 4.78 is 6.24. The highest BCUT2D eigenvalue weighted by atomic mass is 16.5. The quantitative estimate of drug-likeness (QED) is 0.717. The molecule has 0 aromatic rings. The molecule has 106 valence electrons. The normalized spacial score (nSPS) is 35.5. The molecule has 2 rings (SSSR count). The minimum absolute atomic E-state index is 0.472. The van der Waals surface area contributed by atoms with Gasteiger partial charge >= 0.3 is 0 Å². The molecule has 0 amide bonds. The van der Waals surface area contributed by atoms with Gasteiger partial charge in [-0.25, -0.2) is 0 Å². The van der Waals surface area contributed by atoms with E-state index in [4.69, 9.17) is 4.74 Å². The van der Waals surface area contributed by atoms with Crippen molar-refractivity contribution in [2.75, 3.05) is 27.0 Å². The summed E-state index contributed by atoms with van der Waals surface area (Å²) in [6.45, 7) is 12.1. The molecule has 18 heavy (non-hydrogen) atoms. The monoisotopic (exact) mass is 253 g/mol. The van der Waals surface area contributed by atoms with Gasteiger partial charge in [0, 0.05) is 6.67 Å². The van der Waals surface area contributed by atoms with Gasteiger partial charge in [0.1, 0.15) is 0 Å². The van der Waals surface area contributed by atoms with E-state index in [1.165, 1.54) is 19.3 Å². The fourth-order valence-electron chi connectivity index (χ4n) is 3.29. The number of nitrogens with zero attached hydrogens (tertiary/aromatic N) is 2. The van der Waals surface area contributed by atoms with Crippen molar-refractivity contribution >= 4 is 0 Å². The molecule has 3 nitrogen and oxygen atoms in total. The third-order valence-electron chi connectivity index (χ3n) is 4.51. The van der Waals surface area contributed by atoms with Crippen LogP contribution in [0.1, 0.15) is 40.0 Å². The Balaban J connectivity index is 1.81. The molecular weight excluding hydrogens is 224 g/mol. The minimum Gasteiger partial charge on any atom is -0.446 e. The molecular formula is C15H29N2O-. The van der Waals surface area contributed by atoms with E-state index in [0.717, 1.165) is 37.7 Å². The van der Waals surface area contributed by atoms with Crippen LogP contribution in [0.15, 0.2) is 0 Å². The first-order valence-corrected chi connectivity index (χ1v) is 7.43. The first-order valence-electron chi connectivity index (χ1n) is 7.43. The summed E-state index contributed by atoms with van der Waals surface area (Å²) in [5, 5.41) is 0.